The molecule has 1 N–H and O–H groups in total. The second-order valence-corrected chi connectivity index (χ2v) is 5.94. The molecule has 1 heterocycles. The molecule has 0 aromatic carbocycles. The minimum atomic E-state index is -8.17. The molecule has 2 rings (SSSR count). The minimum Gasteiger partial charge on any atom is -0.496 e. The van der Waals surface area contributed by atoms with Gasteiger partial charge in [-0.25, -0.2) is 8.78 Å². The number of carbonyl (C=O) groups excluding carboxylic acids is 1. The zero-order chi connectivity index (χ0) is 28.1. The Morgan fingerprint density at radius 2 is 2.21 bits per heavy atom. The van der Waals surface area contributed by atoms with Gasteiger partial charge in [-0.2, -0.15) is 13.2 Å². The predicted octanol–water partition coefficient (Wildman–Crippen LogP) is 2.95. The Hall–Kier alpha value is -1.25. The van der Waals surface area contributed by atoms with Crippen molar-refractivity contribution >= 4 is 17.3 Å². The van der Waals surface area contributed by atoms with Gasteiger partial charge in [0.15, 0.2) is 1.41 Å². The van der Waals surface area contributed by atoms with Gasteiger partial charge in [0.25, 0.3) is 0 Å². The molecule has 0 saturated carbocycles. The monoisotopic (exact) mass is 386 g/mol. The molecule has 0 radical (unpaired) electrons. The Morgan fingerprint density at radius 1 is 1.54 bits per heavy atom. The highest BCUT2D eigenvalue weighted by Gasteiger charge is 2.42. The van der Waals surface area contributed by atoms with Crippen molar-refractivity contribution in [2.24, 2.45) is 5.89 Å². The van der Waals surface area contributed by atoms with E-state index in [1.807, 2.05) is 0 Å². The molecule has 1 aliphatic carbocycles. The molecular weight excluding hydrogens is 353 g/mol. The maximum Gasteiger partial charge on any atom is 0.416 e. The van der Waals surface area contributed by atoms with E-state index in [4.69, 9.17) is 14.1 Å². The molecule has 0 aromatic rings. The maximum atomic E-state index is 13.8. The van der Waals surface area contributed by atoms with E-state index in [9.17, 15) is 26.7 Å². The summed E-state index contributed by atoms with van der Waals surface area (Å²) in [5, 5.41) is -0.963. The molecule has 0 aromatic heterocycles. The van der Waals surface area contributed by atoms with Crippen molar-refractivity contribution in [3.8, 4) is 0 Å². The van der Waals surface area contributed by atoms with Crippen molar-refractivity contribution in [2.75, 3.05) is 12.8 Å². The Bertz CT molecular complexity index is 1040. The van der Waals surface area contributed by atoms with Crippen LogP contribution in [0.15, 0.2) is 22.3 Å². The highest BCUT2D eigenvalue weighted by atomic mass is 32.2. The summed E-state index contributed by atoms with van der Waals surface area (Å²) in [4.78, 5) is 11.1. The number of fused-ring (bicyclic) bond motifs is 1. The molecule has 0 spiro atoms. The van der Waals surface area contributed by atoms with Gasteiger partial charge in [-0.1, -0.05) is 0 Å². The van der Waals surface area contributed by atoms with Crippen molar-refractivity contribution in [1.29, 1.82) is 4.50 Å². The van der Waals surface area contributed by atoms with Gasteiger partial charge in [0.05, 0.1) is 24.6 Å². The number of hydrogen-bond donors (Lipinski definition) is 1. The first-order chi connectivity index (χ1) is 15.0. The van der Waals surface area contributed by atoms with Gasteiger partial charge in [0.1, 0.15) is 5.76 Å². The first kappa shape index (κ1) is 8.91. The summed E-state index contributed by atoms with van der Waals surface area (Å²) in [6.07, 6.45) is -13.3. The number of rotatable bonds is 4. The Kier molecular flexibility index (Phi) is 2.57. The highest BCUT2D eigenvalue weighted by molar-refractivity contribution is 8.03. The quantitative estimate of drug-likeness (QED) is 0.755. The number of nitrogens with one attached hydrogen (secondary N) is 1. The van der Waals surface area contributed by atoms with Crippen LogP contribution < -0.4 is 5.31 Å². The first-order valence-corrected chi connectivity index (χ1v) is 7.47. The third kappa shape index (κ3) is 4.64. The summed E-state index contributed by atoms with van der Waals surface area (Å²) in [6, 6.07) is -4.27. The number of halogens is 5. The van der Waals surface area contributed by atoms with Crippen LogP contribution in [0.1, 0.15) is 34.4 Å². The molecule has 2 unspecified atom stereocenters. The molecule has 2 aliphatic rings. The smallest absolute Gasteiger partial charge is 0.416 e. The number of amides is 1. The molecule has 3 nitrogen and oxygen atoms in total. The van der Waals surface area contributed by atoms with Gasteiger partial charge in [0, 0.05) is 25.5 Å². The zero-order valence-corrected chi connectivity index (χ0v) is 13.4. The second kappa shape index (κ2) is 6.93. The lowest BCUT2D eigenvalue weighted by atomic mass is 9.96. The molecule has 1 fully saturated rings. The lowest BCUT2D eigenvalue weighted by Crippen LogP contribution is -2.40. The average Bonchev–Trinajstić information content (AvgIpc) is 2.63. The van der Waals surface area contributed by atoms with Crippen LogP contribution in [0.2, 0.25) is 1.41 Å². The fourth-order valence-corrected chi connectivity index (χ4v) is 2.65. The summed E-state index contributed by atoms with van der Waals surface area (Å²) in [7, 11) is 0.570. The topological polar surface area (TPSA) is 38.3 Å². The van der Waals surface area contributed by atoms with Crippen molar-refractivity contribution in [3.05, 3.63) is 22.3 Å². The summed E-state index contributed by atoms with van der Waals surface area (Å²) in [6.45, 7) is 0.292. The molecule has 2 atom stereocenters. The molecule has 1 saturated heterocycles. The largest absolute Gasteiger partial charge is 0.496 e. The van der Waals surface area contributed by atoms with Crippen LogP contribution in [0.5, 0.6) is 0 Å². The lowest BCUT2D eigenvalue weighted by Gasteiger charge is -2.28. The van der Waals surface area contributed by atoms with Crippen LogP contribution >= 0.6 is 11.4 Å². The third-order valence-corrected chi connectivity index (χ3v) is 3.94. The molecule has 0 bridgehead atoms. The van der Waals surface area contributed by atoms with Crippen LogP contribution in [0, 0.1) is 5.89 Å². The van der Waals surface area contributed by atoms with E-state index in [1.165, 1.54) is 0 Å². The van der Waals surface area contributed by atoms with Crippen molar-refractivity contribution in [1.82, 2.24) is 5.31 Å². The van der Waals surface area contributed by atoms with Gasteiger partial charge in [-0.05, 0) is 30.0 Å². The predicted molar refractivity (Wildman–Crippen MR) is 86.1 cm³/mol. The van der Waals surface area contributed by atoms with Gasteiger partial charge >= 0.3 is 6.18 Å². The second-order valence-electron chi connectivity index (χ2n) is 5.09. The molecule has 9 heteroatoms. The fourth-order valence-electron chi connectivity index (χ4n) is 1.87. The number of allylic oxidation sites excluding steroid dienone is 1. The summed E-state index contributed by atoms with van der Waals surface area (Å²) in [5.41, 5.74) is -6.80. The Balaban J connectivity index is 3.17. The zero-order valence-electron chi connectivity index (χ0n) is 23.6. The summed E-state index contributed by atoms with van der Waals surface area (Å²) < 4.78 is 164. The third-order valence-electron chi connectivity index (χ3n) is 3.06. The van der Waals surface area contributed by atoms with E-state index < -0.39 is 87.8 Å². The van der Waals surface area contributed by atoms with E-state index >= 15 is 0 Å². The summed E-state index contributed by atoms with van der Waals surface area (Å²) >= 11 is -8.17. The van der Waals surface area contributed by atoms with E-state index in [0.717, 1.165) is 0 Å². The van der Waals surface area contributed by atoms with Crippen LogP contribution in [0.3, 0.4) is 0 Å². The normalized spacial score (nSPS) is 52.3. The van der Waals surface area contributed by atoms with Crippen molar-refractivity contribution in [3.63, 3.8) is 0 Å². The molecule has 1 amide bonds. The Labute approximate surface area is 154 Å². The van der Waals surface area contributed by atoms with Crippen LogP contribution in [0.4, 0.5) is 22.0 Å². The van der Waals surface area contributed by atoms with Crippen molar-refractivity contribution < 1.29 is 41.1 Å². The van der Waals surface area contributed by atoms with Crippen LogP contribution in [-0.4, -0.2) is 41.3 Å². The number of ether oxygens (including phenoxy) is 1. The highest BCUT2D eigenvalue weighted by Crippen LogP contribution is 2.41. The molecular formula is C15H22F5NO2S. The van der Waals surface area contributed by atoms with E-state index in [-0.39, 0.29) is 6.08 Å². The van der Waals surface area contributed by atoms with E-state index in [0.29, 0.717) is 14.0 Å². The standard InChI is InChI=1S/C15H22F5NO2S/c1-14(16,17)4-3-8-7-24-12-6-11(23-2)9(15(18,19)20)5-10(12)21-13(8)22/h6,8,10H,3-5,7H2,1-2H3,24H4,(H,21,22)/i5D2,7D2,8D,10D,24D4/hD. The van der Waals surface area contributed by atoms with Crippen LogP contribution in [0.25, 0.3) is 0 Å². The van der Waals surface area contributed by atoms with Crippen molar-refractivity contribution in [2.45, 2.75) is 44.3 Å². The molecule has 24 heavy (non-hydrogen) atoms. The fraction of sp³-hybridized carbons (Fsp3) is 0.667. The molecule has 140 valence electrons. The van der Waals surface area contributed by atoms with Gasteiger partial charge < -0.3 is 10.0 Å². The molecule has 1 aliphatic heterocycles. The van der Waals surface area contributed by atoms with Gasteiger partial charge in [-0.15, -0.1) is 0 Å². The van der Waals surface area contributed by atoms with Crippen LogP contribution in [-0.2, 0) is 9.53 Å². The van der Waals surface area contributed by atoms with Gasteiger partial charge in [-0.3, -0.25) is 16.2 Å². The summed E-state index contributed by atoms with van der Waals surface area (Å²) in [5.74, 6) is -11.6. The minimum absolute atomic E-state index is 0.133. The SMILES string of the molecule is [2H]N1C(=O)C([2H])(CCC(C)(F)F)C([2H])([2H])S([2H])([2H])([2H])([2H])C2=CC(OC)=C(C(F)(F)F)C([2H])([2H])C21[2H]. The number of methoxy groups -OCH3 is 1. The number of carbonyl (C=O) groups is 1. The van der Waals surface area contributed by atoms with Gasteiger partial charge in [0.2, 0.25) is 11.8 Å². The number of hydrogen-bond acceptors (Lipinski definition) is 2. The Morgan fingerprint density at radius 3 is 2.75 bits per heavy atom. The lowest BCUT2D eigenvalue weighted by molar-refractivity contribution is -0.125. The first-order valence-electron chi connectivity index (χ1n) is 11.7. The average molecular weight is 386 g/mol. The number of alkyl halides is 5. The van der Waals surface area contributed by atoms with E-state index in [2.05, 4.69) is 4.74 Å². The maximum absolute atomic E-state index is 13.8. The van der Waals surface area contributed by atoms with E-state index in [1.54, 1.807) is 0 Å².